The Morgan fingerprint density at radius 3 is 2.14 bits per heavy atom. The number of piperazine rings is 1. The molecule has 1 fully saturated rings. The van der Waals surface area contributed by atoms with Crippen LogP contribution >= 0.6 is 0 Å². The van der Waals surface area contributed by atoms with Crippen molar-refractivity contribution in [2.45, 2.75) is 20.4 Å². The molecule has 3 rings (SSSR count). The van der Waals surface area contributed by atoms with Crippen LogP contribution in [0, 0.1) is 13.8 Å². The summed E-state index contributed by atoms with van der Waals surface area (Å²) in [5.74, 6) is 0. The Morgan fingerprint density at radius 2 is 1.48 bits per heavy atom. The largest absolute Gasteiger partial charge is 0.369 e. The molecule has 1 aliphatic heterocycles. The van der Waals surface area contributed by atoms with Crippen molar-refractivity contribution in [3.8, 4) is 0 Å². The SMILES string of the molecule is Cc1cccc(CN2CCN(c3cccc(C)c3)CC2)c1. The average Bonchev–Trinajstić information content (AvgIpc) is 2.48. The molecule has 0 aromatic heterocycles. The standard InChI is InChI=1S/C19H24N2/c1-16-5-3-7-18(13-16)15-20-9-11-21(12-10-20)19-8-4-6-17(2)14-19/h3-8,13-14H,9-12,15H2,1-2H3. The summed E-state index contributed by atoms with van der Waals surface area (Å²) in [7, 11) is 0. The van der Waals surface area contributed by atoms with Crippen molar-refractivity contribution in [2.24, 2.45) is 0 Å². The number of hydrogen-bond donors (Lipinski definition) is 0. The van der Waals surface area contributed by atoms with Crippen molar-refractivity contribution in [1.82, 2.24) is 4.90 Å². The van der Waals surface area contributed by atoms with E-state index in [1.54, 1.807) is 0 Å². The highest BCUT2D eigenvalue weighted by molar-refractivity contribution is 5.48. The first-order valence-electron chi connectivity index (χ1n) is 7.80. The quantitative estimate of drug-likeness (QED) is 0.847. The van der Waals surface area contributed by atoms with Crippen molar-refractivity contribution in [3.05, 3.63) is 65.2 Å². The lowest BCUT2D eigenvalue weighted by Gasteiger charge is -2.36. The summed E-state index contributed by atoms with van der Waals surface area (Å²) < 4.78 is 0. The fourth-order valence-corrected chi connectivity index (χ4v) is 3.06. The van der Waals surface area contributed by atoms with E-state index in [1.165, 1.54) is 22.4 Å². The molecule has 0 radical (unpaired) electrons. The third kappa shape index (κ3) is 3.64. The van der Waals surface area contributed by atoms with Gasteiger partial charge in [0.15, 0.2) is 0 Å². The van der Waals surface area contributed by atoms with E-state index in [9.17, 15) is 0 Å². The maximum Gasteiger partial charge on any atom is 0.0369 e. The molecule has 1 heterocycles. The Labute approximate surface area is 128 Å². The van der Waals surface area contributed by atoms with Gasteiger partial charge in [0.2, 0.25) is 0 Å². The van der Waals surface area contributed by atoms with E-state index in [0.29, 0.717) is 0 Å². The van der Waals surface area contributed by atoms with E-state index in [2.05, 4.69) is 72.2 Å². The van der Waals surface area contributed by atoms with Crippen LogP contribution in [0.1, 0.15) is 16.7 Å². The minimum atomic E-state index is 1.07. The van der Waals surface area contributed by atoms with Crippen LogP contribution in [0.15, 0.2) is 48.5 Å². The van der Waals surface area contributed by atoms with Crippen LogP contribution in [0.25, 0.3) is 0 Å². The van der Waals surface area contributed by atoms with Crippen LogP contribution in [0.4, 0.5) is 5.69 Å². The van der Waals surface area contributed by atoms with E-state index in [-0.39, 0.29) is 0 Å². The second kappa shape index (κ2) is 6.31. The molecule has 0 spiro atoms. The van der Waals surface area contributed by atoms with Gasteiger partial charge in [0.1, 0.15) is 0 Å². The Kier molecular flexibility index (Phi) is 4.26. The Balaban J connectivity index is 1.58. The van der Waals surface area contributed by atoms with Gasteiger partial charge >= 0.3 is 0 Å². The van der Waals surface area contributed by atoms with Gasteiger partial charge < -0.3 is 4.90 Å². The van der Waals surface area contributed by atoms with Gasteiger partial charge in [0.05, 0.1) is 0 Å². The van der Waals surface area contributed by atoms with Crippen molar-refractivity contribution in [1.29, 1.82) is 0 Å². The van der Waals surface area contributed by atoms with Gasteiger partial charge in [-0.25, -0.2) is 0 Å². The number of aryl methyl sites for hydroxylation is 2. The highest BCUT2D eigenvalue weighted by atomic mass is 15.3. The van der Waals surface area contributed by atoms with Crippen LogP contribution in [0.5, 0.6) is 0 Å². The lowest BCUT2D eigenvalue weighted by molar-refractivity contribution is 0.250. The molecule has 1 saturated heterocycles. The predicted octanol–water partition coefficient (Wildman–Crippen LogP) is 3.63. The second-order valence-corrected chi connectivity index (χ2v) is 6.09. The zero-order valence-corrected chi connectivity index (χ0v) is 13.0. The zero-order valence-electron chi connectivity index (χ0n) is 13.0. The van der Waals surface area contributed by atoms with Crippen molar-refractivity contribution in [2.75, 3.05) is 31.1 Å². The number of benzene rings is 2. The molecule has 21 heavy (non-hydrogen) atoms. The Morgan fingerprint density at radius 1 is 0.810 bits per heavy atom. The van der Waals surface area contributed by atoms with Gasteiger partial charge in [-0.1, -0.05) is 42.0 Å². The first-order chi connectivity index (χ1) is 10.2. The molecule has 110 valence electrons. The molecule has 0 bridgehead atoms. The summed E-state index contributed by atoms with van der Waals surface area (Å²) in [6.07, 6.45) is 0. The predicted molar refractivity (Wildman–Crippen MR) is 89.8 cm³/mol. The molecule has 1 aliphatic rings. The fraction of sp³-hybridized carbons (Fsp3) is 0.368. The molecule has 0 N–H and O–H groups in total. The van der Waals surface area contributed by atoms with Gasteiger partial charge in [-0.05, 0) is 37.1 Å². The van der Waals surface area contributed by atoms with Crippen LogP contribution in [-0.2, 0) is 6.54 Å². The lowest BCUT2D eigenvalue weighted by atomic mass is 10.1. The molecule has 0 unspecified atom stereocenters. The summed E-state index contributed by atoms with van der Waals surface area (Å²) in [5.41, 5.74) is 5.49. The zero-order chi connectivity index (χ0) is 14.7. The second-order valence-electron chi connectivity index (χ2n) is 6.09. The fourth-order valence-electron chi connectivity index (χ4n) is 3.06. The number of anilines is 1. The maximum atomic E-state index is 2.56. The summed E-state index contributed by atoms with van der Waals surface area (Å²) in [6.45, 7) is 9.92. The molecule has 2 aromatic carbocycles. The Hall–Kier alpha value is -1.80. The van der Waals surface area contributed by atoms with Gasteiger partial charge in [-0.15, -0.1) is 0 Å². The number of hydrogen-bond acceptors (Lipinski definition) is 2. The van der Waals surface area contributed by atoms with E-state index < -0.39 is 0 Å². The van der Waals surface area contributed by atoms with Gasteiger partial charge in [0, 0.05) is 38.4 Å². The third-order valence-corrected chi connectivity index (χ3v) is 4.23. The van der Waals surface area contributed by atoms with Crippen LogP contribution in [-0.4, -0.2) is 31.1 Å². The van der Waals surface area contributed by atoms with Crippen molar-refractivity contribution < 1.29 is 0 Å². The summed E-state index contributed by atoms with van der Waals surface area (Å²) in [5, 5.41) is 0. The van der Waals surface area contributed by atoms with E-state index >= 15 is 0 Å². The van der Waals surface area contributed by atoms with Gasteiger partial charge in [-0.3, -0.25) is 4.90 Å². The smallest absolute Gasteiger partial charge is 0.0369 e. The van der Waals surface area contributed by atoms with Crippen LogP contribution in [0.2, 0.25) is 0 Å². The lowest BCUT2D eigenvalue weighted by Crippen LogP contribution is -2.45. The molecular weight excluding hydrogens is 256 g/mol. The minimum Gasteiger partial charge on any atom is -0.369 e. The first-order valence-corrected chi connectivity index (χ1v) is 7.80. The highest BCUT2D eigenvalue weighted by Crippen LogP contribution is 2.18. The molecule has 2 aromatic rings. The molecule has 0 atom stereocenters. The highest BCUT2D eigenvalue weighted by Gasteiger charge is 2.17. The summed E-state index contributed by atoms with van der Waals surface area (Å²) in [4.78, 5) is 5.06. The molecular formula is C19H24N2. The van der Waals surface area contributed by atoms with E-state index in [0.717, 1.165) is 32.7 Å². The number of rotatable bonds is 3. The van der Waals surface area contributed by atoms with E-state index in [1.807, 2.05) is 0 Å². The van der Waals surface area contributed by atoms with Crippen molar-refractivity contribution >= 4 is 5.69 Å². The molecule has 0 saturated carbocycles. The third-order valence-electron chi connectivity index (χ3n) is 4.23. The topological polar surface area (TPSA) is 6.48 Å². The summed E-state index contributed by atoms with van der Waals surface area (Å²) in [6, 6.07) is 17.7. The van der Waals surface area contributed by atoms with E-state index in [4.69, 9.17) is 0 Å². The minimum absolute atomic E-state index is 1.07. The monoisotopic (exact) mass is 280 g/mol. The van der Waals surface area contributed by atoms with Gasteiger partial charge in [0.25, 0.3) is 0 Å². The average molecular weight is 280 g/mol. The first kappa shape index (κ1) is 14.2. The van der Waals surface area contributed by atoms with Gasteiger partial charge in [-0.2, -0.15) is 0 Å². The normalized spacial score (nSPS) is 16.2. The molecule has 0 aliphatic carbocycles. The molecule has 2 heteroatoms. The van der Waals surface area contributed by atoms with Crippen LogP contribution in [0.3, 0.4) is 0 Å². The van der Waals surface area contributed by atoms with Crippen molar-refractivity contribution in [3.63, 3.8) is 0 Å². The maximum absolute atomic E-state index is 2.56. The number of nitrogens with zero attached hydrogens (tertiary/aromatic N) is 2. The molecule has 0 amide bonds. The van der Waals surface area contributed by atoms with Crippen LogP contribution < -0.4 is 4.90 Å². The molecule has 2 nitrogen and oxygen atoms in total. The Bertz CT molecular complexity index is 598. The summed E-state index contributed by atoms with van der Waals surface area (Å²) >= 11 is 0.